The van der Waals surface area contributed by atoms with Crippen LogP contribution in [0.15, 0.2) is 30.3 Å². The second-order valence-corrected chi connectivity index (χ2v) is 6.75. The van der Waals surface area contributed by atoms with E-state index in [1.165, 1.54) is 63.4 Å². The highest BCUT2D eigenvalue weighted by atomic mass is 14.3. The molecule has 1 aromatic carbocycles. The number of hydrogen-bond acceptors (Lipinski definition) is 0. The SMILES string of the molecule is CCCC1CCC(c2ccc(C3=CCCC3)cc2)CC1. The Morgan fingerprint density at radius 1 is 1.00 bits per heavy atom. The first-order valence-electron chi connectivity index (χ1n) is 8.66. The molecule has 2 aliphatic rings. The molecule has 0 N–H and O–H groups in total. The molecular formula is C20H28. The molecule has 0 saturated heterocycles. The van der Waals surface area contributed by atoms with E-state index in [9.17, 15) is 0 Å². The lowest BCUT2D eigenvalue weighted by Gasteiger charge is -2.28. The van der Waals surface area contributed by atoms with Gasteiger partial charge in [-0.1, -0.05) is 50.1 Å². The van der Waals surface area contributed by atoms with E-state index in [0.29, 0.717) is 0 Å². The number of benzene rings is 1. The predicted octanol–water partition coefficient (Wildman–Crippen LogP) is 6.33. The molecule has 2 aliphatic carbocycles. The maximum absolute atomic E-state index is 2.42. The van der Waals surface area contributed by atoms with Crippen molar-refractivity contribution in [2.45, 2.75) is 70.6 Å². The third-order valence-electron chi connectivity index (χ3n) is 5.34. The van der Waals surface area contributed by atoms with Gasteiger partial charge in [0.1, 0.15) is 0 Å². The summed E-state index contributed by atoms with van der Waals surface area (Å²) in [5.41, 5.74) is 4.62. The summed E-state index contributed by atoms with van der Waals surface area (Å²) in [6.45, 7) is 2.32. The third kappa shape index (κ3) is 3.16. The molecule has 0 atom stereocenters. The van der Waals surface area contributed by atoms with Crippen molar-refractivity contribution in [2.24, 2.45) is 5.92 Å². The van der Waals surface area contributed by atoms with Crippen molar-refractivity contribution in [3.8, 4) is 0 Å². The van der Waals surface area contributed by atoms with E-state index in [0.717, 1.165) is 11.8 Å². The van der Waals surface area contributed by atoms with Crippen LogP contribution in [0.3, 0.4) is 0 Å². The molecule has 0 spiro atoms. The van der Waals surface area contributed by atoms with E-state index in [4.69, 9.17) is 0 Å². The van der Waals surface area contributed by atoms with Crippen LogP contribution in [0.5, 0.6) is 0 Å². The van der Waals surface area contributed by atoms with Crippen molar-refractivity contribution in [3.63, 3.8) is 0 Å². The van der Waals surface area contributed by atoms with E-state index in [-0.39, 0.29) is 0 Å². The topological polar surface area (TPSA) is 0 Å². The van der Waals surface area contributed by atoms with Gasteiger partial charge in [0.2, 0.25) is 0 Å². The van der Waals surface area contributed by atoms with Gasteiger partial charge in [0.15, 0.2) is 0 Å². The average Bonchev–Trinajstić information content (AvgIpc) is 3.03. The highest BCUT2D eigenvalue weighted by Crippen LogP contribution is 2.38. The number of allylic oxidation sites excluding steroid dienone is 2. The fourth-order valence-electron chi connectivity index (χ4n) is 4.10. The van der Waals surface area contributed by atoms with Crippen LogP contribution in [0.25, 0.3) is 5.57 Å². The van der Waals surface area contributed by atoms with E-state index in [2.05, 4.69) is 37.3 Å². The zero-order chi connectivity index (χ0) is 13.8. The molecule has 0 bridgehead atoms. The largest absolute Gasteiger partial charge is 0.0807 e. The Hall–Kier alpha value is -1.04. The van der Waals surface area contributed by atoms with Gasteiger partial charge in [0.25, 0.3) is 0 Å². The van der Waals surface area contributed by atoms with E-state index in [1.54, 1.807) is 11.1 Å². The van der Waals surface area contributed by atoms with Crippen molar-refractivity contribution in [1.29, 1.82) is 0 Å². The minimum absolute atomic E-state index is 0.828. The van der Waals surface area contributed by atoms with Crippen molar-refractivity contribution in [3.05, 3.63) is 41.5 Å². The van der Waals surface area contributed by atoms with Crippen molar-refractivity contribution < 1.29 is 0 Å². The molecule has 0 heteroatoms. The second kappa shape index (κ2) is 6.61. The van der Waals surface area contributed by atoms with Crippen molar-refractivity contribution in [1.82, 2.24) is 0 Å². The van der Waals surface area contributed by atoms with E-state index in [1.807, 2.05) is 0 Å². The molecule has 1 fully saturated rings. The molecule has 0 heterocycles. The Bertz CT molecular complexity index is 443. The monoisotopic (exact) mass is 268 g/mol. The maximum Gasteiger partial charge on any atom is -0.0162 e. The minimum atomic E-state index is 0.828. The minimum Gasteiger partial charge on any atom is -0.0807 e. The molecule has 0 unspecified atom stereocenters. The molecule has 1 aromatic rings. The molecule has 1 saturated carbocycles. The Balaban J connectivity index is 1.61. The number of hydrogen-bond donors (Lipinski definition) is 0. The third-order valence-corrected chi connectivity index (χ3v) is 5.34. The first kappa shape index (κ1) is 13.9. The normalized spacial score (nSPS) is 26.6. The van der Waals surface area contributed by atoms with E-state index < -0.39 is 0 Å². The molecule has 0 aromatic heterocycles. The summed E-state index contributed by atoms with van der Waals surface area (Å²) in [6.07, 6.45) is 14.8. The molecule has 0 amide bonds. The average molecular weight is 268 g/mol. The second-order valence-electron chi connectivity index (χ2n) is 6.75. The van der Waals surface area contributed by atoms with Crippen LogP contribution in [-0.2, 0) is 0 Å². The zero-order valence-corrected chi connectivity index (χ0v) is 12.9. The van der Waals surface area contributed by atoms with Crippen LogP contribution in [-0.4, -0.2) is 0 Å². The quantitative estimate of drug-likeness (QED) is 0.598. The smallest absolute Gasteiger partial charge is 0.0162 e. The summed E-state index contributed by atoms with van der Waals surface area (Å²) in [7, 11) is 0. The molecule has 0 nitrogen and oxygen atoms in total. The predicted molar refractivity (Wildman–Crippen MR) is 87.9 cm³/mol. The van der Waals surface area contributed by atoms with Crippen LogP contribution in [0.1, 0.15) is 81.8 Å². The van der Waals surface area contributed by atoms with Gasteiger partial charge in [-0.25, -0.2) is 0 Å². The Labute approximate surface area is 124 Å². The lowest BCUT2D eigenvalue weighted by atomic mass is 9.77. The van der Waals surface area contributed by atoms with E-state index >= 15 is 0 Å². The van der Waals surface area contributed by atoms with Crippen LogP contribution >= 0.6 is 0 Å². The molecule has 20 heavy (non-hydrogen) atoms. The molecule has 0 aliphatic heterocycles. The standard InChI is InChI=1S/C20H28/c1-2-5-16-8-10-18(11-9-16)20-14-12-19(13-15-20)17-6-3-4-7-17/h6,12-16,18H,2-5,7-11H2,1H3. The van der Waals surface area contributed by atoms with Gasteiger partial charge in [0, 0.05) is 0 Å². The Kier molecular flexibility index (Phi) is 4.60. The molecule has 0 radical (unpaired) electrons. The fourth-order valence-corrected chi connectivity index (χ4v) is 4.10. The molecule has 3 rings (SSSR count). The summed E-state index contributed by atoms with van der Waals surface area (Å²) < 4.78 is 0. The van der Waals surface area contributed by atoms with Gasteiger partial charge < -0.3 is 0 Å². The van der Waals surface area contributed by atoms with Gasteiger partial charge >= 0.3 is 0 Å². The highest BCUT2D eigenvalue weighted by molar-refractivity contribution is 5.67. The van der Waals surface area contributed by atoms with Gasteiger partial charge in [-0.05, 0) is 73.5 Å². The van der Waals surface area contributed by atoms with Gasteiger partial charge in [0.05, 0.1) is 0 Å². The summed E-state index contributed by atoms with van der Waals surface area (Å²) in [5, 5.41) is 0. The zero-order valence-electron chi connectivity index (χ0n) is 12.9. The Morgan fingerprint density at radius 3 is 2.35 bits per heavy atom. The van der Waals surface area contributed by atoms with Crippen molar-refractivity contribution in [2.75, 3.05) is 0 Å². The highest BCUT2D eigenvalue weighted by Gasteiger charge is 2.21. The van der Waals surface area contributed by atoms with Gasteiger partial charge in [-0.15, -0.1) is 0 Å². The summed E-state index contributed by atoms with van der Waals surface area (Å²) in [5.74, 6) is 1.84. The number of rotatable bonds is 4. The first-order valence-corrected chi connectivity index (χ1v) is 8.66. The van der Waals surface area contributed by atoms with Crippen LogP contribution in [0.4, 0.5) is 0 Å². The fraction of sp³-hybridized carbons (Fsp3) is 0.600. The molecular weight excluding hydrogens is 240 g/mol. The lowest BCUT2D eigenvalue weighted by Crippen LogP contribution is -2.13. The van der Waals surface area contributed by atoms with Gasteiger partial charge in [-0.3, -0.25) is 0 Å². The summed E-state index contributed by atoms with van der Waals surface area (Å²) in [6, 6.07) is 9.54. The van der Waals surface area contributed by atoms with Crippen LogP contribution in [0.2, 0.25) is 0 Å². The van der Waals surface area contributed by atoms with Crippen molar-refractivity contribution >= 4 is 5.57 Å². The summed E-state index contributed by atoms with van der Waals surface area (Å²) >= 11 is 0. The maximum atomic E-state index is 2.42. The molecule has 108 valence electrons. The van der Waals surface area contributed by atoms with Crippen LogP contribution < -0.4 is 0 Å². The lowest BCUT2D eigenvalue weighted by molar-refractivity contribution is 0.308. The van der Waals surface area contributed by atoms with Crippen LogP contribution in [0, 0.1) is 5.92 Å². The summed E-state index contributed by atoms with van der Waals surface area (Å²) in [4.78, 5) is 0. The van der Waals surface area contributed by atoms with Gasteiger partial charge in [-0.2, -0.15) is 0 Å². The first-order chi connectivity index (χ1) is 9.86. The Morgan fingerprint density at radius 2 is 1.75 bits per heavy atom.